The highest BCUT2D eigenvalue weighted by atomic mass is 35.5. The Hall–Kier alpha value is -0.990. The van der Waals surface area contributed by atoms with Crippen LogP contribution in [0, 0.1) is 0 Å². The minimum absolute atomic E-state index is 0.626. The molecule has 0 spiro atoms. The van der Waals surface area contributed by atoms with Crippen molar-refractivity contribution in [2.75, 3.05) is 0 Å². The summed E-state index contributed by atoms with van der Waals surface area (Å²) in [5.74, 6) is 0. The second-order valence-electron chi connectivity index (χ2n) is 2.73. The summed E-state index contributed by atoms with van der Waals surface area (Å²) in [6.45, 7) is 3.85. The second kappa shape index (κ2) is 3.05. The Morgan fingerprint density at radius 1 is 1.38 bits per heavy atom. The lowest BCUT2D eigenvalue weighted by Crippen LogP contribution is -2.31. The molecule has 3 heteroatoms. The summed E-state index contributed by atoms with van der Waals surface area (Å²) < 4.78 is 0. The monoisotopic (exact) mass is 207 g/mol. The molecule has 0 radical (unpaired) electrons. The number of thiocarbonyl (C=S) groups is 1. The quantitative estimate of drug-likeness (QED) is 0.589. The van der Waals surface area contributed by atoms with E-state index in [-0.39, 0.29) is 0 Å². The van der Waals surface area contributed by atoms with E-state index in [1.807, 2.05) is 6.07 Å². The van der Waals surface area contributed by atoms with Crippen LogP contribution in [0.5, 0.6) is 0 Å². The number of hydrogen-bond donors (Lipinski definition) is 0. The highest BCUT2D eigenvalue weighted by Crippen LogP contribution is 2.04. The average Bonchev–Trinajstić information content (AvgIpc) is 2.12. The van der Waals surface area contributed by atoms with E-state index in [0.29, 0.717) is 5.02 Å². The van der Waals surface area contributed by atoms with Crippen LogP contribution in [-0.4, -0.2) is 4.86 Å². The molecule has 1 aliphatic rings. The van der Waals surface area contributed by atoms with Gasteiger partial charge in [0.15, 0.2) is 0 Å². The van der Waals surface area contributed by atoms with Gasteiger partial charge in [0, 0.05) is 26.9 Å². The van der Waals surface area contributed by atoms with Crippen LogP contribution in [-0.2, 0) is 0 Å². The van der Waals surface area contributed by atoms with Crippen LogP contribution in [0.3, 0.4) is 0 Å². The van der Waals surface area contributed by atoms with E-state index in [1.165, 1.54) is 0 Å². The Balaban J connectivity index is 2.94. The van der Waals surface area contributed by atoms with Crippen molar-refractivity contribution >= 4 is 35.3 Å². The number of nitrogens with zero attached hydrogens (tertiary/aromatic N) is 1. The number of halogens is 1. The zero-order valence-corrected chi connectivity index (χ0v) is 8.32. The van der Waals surface area contributed by atoms with Crippen molar-refractivity contribution in [3.05, 3.63) is 45.6 Å². The van der Waals surface area contributed by atoms with Crippen molar-refractivity contribution in [2.24, 2.45) is 4.99 Å². The van der Waals surface area contributed by atoms with Crippen LogP contribution in [0.25, 0.3) is 6.58 Å². The summed E-state index contributed by atoms with van der Waals surface area (Å²) in [4.78, 5) is 4.97. The van der Waals surface area contributed by atoms with Crippen molar-refractivity contribution in [3.8, 4) is 0 Å². The van der Waals surface area contributed by atoms with Gasteiger partial charge in [-0.25, -0.2) is 0 Å². The molecule has 1 nitrogen and oxygen atoms in total. The van der Waals surface area contributed by atoms with E-state index < -0.39 is 0 Å². The van der Waals surface area contributed by atoms with Crippen LogP contribution >= 0.6 is 23.8 Å². The fourth-order valence-corrected chi connectivity index (χ4v) is 1.61. The number of hydrogen-bond acceptors (Lipinski definition) is 2. The third kappa shape index (κ3) is 1.32. The average molecular weight is 208 g/mol. The third-order valence-electron chi connectivity index (χ3n) is 1.92. The standard InChI is InChI=1S/C10H6ClNS/c1-6-8(11)3-2-7-9(13)4-5-12-10(6)7/h2-5H,1H2. The fraction of sp³-hybridized carbons (Fsp3) is 0. The first-order chi connectivity index (χ1) is 6.20. The lowest BCUT2D eigenvalue weighted by molar-refractivity contribution is 1.28. The molecule has 1 heterocycles. The van der Waals surface area contributed by atoms with Gasteiger partial charge in [-0.1, -0.05) is 30.4 Å². The maximum Gasteiger partial charge on any atom is 0.0797 e. The Bertz CT molecular complexity index is 516. The predicted molar refractivity (Wildman–Crippen MR) is 58.6 cm³/mol. The Labute approximate surface area is 86.1 Å². The van der Waals surface area contributed by atoms with Crippen molar-refractivity contribution in [2.45, 2.75) is 0 Å². The molecule has 0 amide bonds. The zero-order valence-electron chi connectivity index (χ0n) is 6.75. The molecule has 1 aliphatic heterocycles. The molecule has 0 saturated heterocycles. The Morgan fingerprint density at radius 2 is 2.15 bits per heavy atom. The summed E-state index contributed by atoms with van der Waals surface area (Å²) in [5.41, 5.74) is 0.937. The molecule has 0 fully saturated rings. The van der Waals surface area contributed by atoms with Gasteiger partial charge in [-0.3, -0.25) is 4.99 Å². The number of fused-ring (bicyclic) bond motifs is 1. The lowest BCUT2D eigenvalue weighted by Gasteiger charge is -2.04. The Morgan fingerprint density at radius 3 is 2.92 bits per heavy atom. The van der Waals surface area contributed by atoms with Crippen molar-refractivity contribution < 1.29 is 0 Å². The molecule has 2 rings (SSSR count). The van der Waals surface area contributed by atoms with Gasteiger partial charge >= 0.3 is 0 Å². The van der Waals surface area contributed by atoms with E-state index in [0.717, 1.165) is 21.0 Å². The molecular formula is C10H6ClNS. The van der Waals surface area contributed by atoms with E-state index >= 15 is 0 Å². The van der Waals surface area contributed by atoms with Crippen LogP contribution in [0.4, 0.5) is 0 Å². The van der Waals surface area contributed by atoms with Gasteiger partial charge in [-0.05, 0) is 18.2 Å². The van der Waals surface area contributed by atoms with Gasteiger partial charge in [0.2, 0.25) is 0 Å². The molecule has 0 bridgehead atoms. The van der Waals surface area contributed by atoms with Gasteiger partial charge in [0.05, 0.1) is 5.36 Å². The van der Waals surface area contributed by atoms with E-state index in [2.05, 4.69) is 11.6 Å². The Kier molecular flexibility index (Phi) is 2.02. The fourth-order valence-electron chi connectivity index (χ4n) is 1.23. The molecule has 13 heavy (non-hydrogen) atoms. The van der Waals surface area contributed by atoms with Gasteiger partial charge < -0.3 is 0 Å². The summed E-state index contributed by atoms with van der Waals surface area (Å²) >= 11 is 11.0. The number of allylic oxidation sites excluding steroid dienone is 1. The molecule has 64 valence electrons. The normalized spacial score (nSPS) is 13.8. The summed E-state index contributed by atoms with van der Waals surface area (Å²) in [5, 5.41) is 2.16. The van der Waals surface area contributed by atoms with Crippen LogP contribution in [0.2, 0.25) is 5.02 Å². The number of benzene rings is 1. The van der Waals surface area contributed by atoms with Crippen LogP contribution in [0.15, 0.2) is 29.4 Å². The molecule has 0 unspecified atom stereocenters. The first kappa shape index (κ1) is 8.60. The van der Waals surface area contributed by atoms with Crippen molar-refractivity contribution in [1.29, 1.82) is 0 Å². The van der Waals surface area contributed by atoms with E-state index in [4.69, 9.17) is 23.8 Å². The van der Waals surface area contributed by atoms with E-state index in [1.54, 1.807) is 18.3 Å². The zero-order chi connectivity index (χ0) is 9.42. The number of rotatable bonds is 0. The summed E-state index contributed by atoms with van der Waals surface area (Å²) in [6.07, 6.45) is 3.47. The highest BCUT2D eigenvalue weighted by Gasteiger charge is 2.06. The van der Waals surface area contributed by atoms with Crippen molar-refractivity contribution in [3.63, 3.8) is 0 Å². The first-order valence-electron chi connectivity index (χ1n) is 3.76. The van der Waals surface area contributed by atoms with Crippen LogP contribution in [0.1, 0.15) is 5.56 Å². The van der Waals surface area contributed by atoms with Crippen molar-refractivity contribution in [1.82, 2.24) is 0 Å². The maximum absolute atomic E-state index is 5.90. The molecule has 0 aliphatic carbocycles. The molecule has 0 N–H and O–H groups in total. The molecule has 1 aromatic carbocycles. The van der Waals surface area contributed by atoms with Gasteiger partial charge in [0.1, 0.15) is 0 Å². The minimum atomic E-state index is 0.626. The molecule has 0 atom stereocenters. The van der Waals surface area contributed by atoms with Gasteiger partial charge in [0.25, 0.3) is 0 Å². The highest BCUT2D eigenvalue weighted by molar-refractivity contribution is 7.81. The molecule has 0 aromatic heterocycles. The summed E-state index contributed by atoms with van der Waals surface area (Å²) in [6, 6.07) is 3.67. The largest absolute Gasteiger partial charge is 0.255 e. The van der Waals surface area contributed by atoms with Crippen LogP contribution < -0.4 is 10.6 Å². The molecular weight excluding hydrogens is 202 g/mol. The predicted octanol–water partition coefficient (Wildman–Crippen LogP) is 1.62. The lowest BCUT2D eigenvalue weighted by atomic mass is 10.1. The first-order valence-corrected chi connectivity index (χ1v) is 4.55. The SMILES string of the molecule is C=c1c(Cl)ccc2c1=NC=CC2=S. The second-order valence-corrected chi connectivity index (χ2v) is 3.58. The third-order valence-corrected chi connectivity index (χ3v) is 2.63. The smallest absolute Gasteiger partial charge is 0.0797 e. The van der Waals surface area contributed by atoms with Gasteiger partial charge in [-0.2, -0.15) is 0 Å². The summed E-state index contributed by atoms with van der Waals surface area (Å²) in [7, 11) is 0. The molecule has 1 aromatic rings. The maximum atomic E-state index is 5.90. The van der Waals surface area contributed by atoms with Gasteiger partial charge in [-0.15, -0.1) is 0 Å². The van der Waals surface area contributed by atoms with E-state index in [9.17, 15) is 0 Å². The topological polar surface area (TPSA) is 12.4 Å². The molecule has 0 saturated carbocycles. The minimum Gasteiger partial charge on any atom is -0.255 e.